The summed E-state index contributed by atoms with van der Waals surface area (Å²) in [5, 5.41) is 6.34. The van der Waals surface area contributed by atoms with Crippen LogP contribution in [0.1, 0.15) is 25.0 Å². The molecule has 13 aromatic rings. The summed E-state index contributed by atoms with van der Waals surface area (Å²) < 4.78 is 15.4. The van der Waals surface area contributed by atoms with Gasteiger partial charge in [0, 0.05) is 63.8 Å². The van der Waals surface area contributed by atoms with Gasteiger partial charge in [-0.15, -0.1) is 11.3 Å². The first-order valence-corrected chi connectivity index (χ1v) is 23.2. The third-order valence-corrected chi connectivity index (χ3v) is 15.0. The lowest BCUT2D eigenvalue weighted by Gasteiger charge is -2.22. The summed E-state index contributed by atoms with van der Waals surface area (Å²) in [4.78, 5) is 16.4. The highest BCUT2D eigenvalue weighted by Crippen LogP contribution is 2.50. The van der Waals surface area contributed by atoms with Crippen LogP contribution in [0.25, 0.3) is 132 Å². The van der Waals surface area contributed by atoms with Crippen LogP contribution in [0.3, 0.4) is 0 Å². The number of nitrogens with zero attached hydrogens (tertiary/aromatic N) is 3. The molecule has 0 atom stereocenters. The lowest BCUT2D eigenvalue weighted by molar-refractivity contribution is 0.660. The van der Waals surface area contributed by atoms with Crippen LogP contribution in [0.15, 0.2) is 197 Å². The Hall–Kier alpha value is -8.19. The third-order valence-electron chi connectivity index (χ3n) is 13.8. The summed E-state index contributed by atoms with van der Waals surface area (Å²) in [5.74, 6) is 1.73. The topological polar surface area (TPSA) is 65.0 Å². The molecule has 0 fully saturated rings. The number of fused-ring (bicyclic) bond motifs is 12. The number of aromatic nitrogens is 3. The normalized spacial score (nSPS) is 13.1. The van der Waals surface area contributed by atoms with E-state index in [0.29, 0.717) is 17.5 Å². The molecule has 0 N–H and O–H groups in total. The molecule has 9 aromatic carbocycles. The quantitative estimate of drug-likeness (QED) is 0.172. The Kier molecular flexibility index (Phi) is 7.84. The average Bonchev–Trinajstić information content (AvgIpc) is 4.12. The number of furan rings is 2. The van der Waals surface area contributed by atoms with Gasteiger partial charge in [0.15, 0.2) is 17.5 Å². The van der Waals surface area contributed by atoms with Crippen molar-refractivity contribution in [2.24, 2.45) is 0 Å². The minimum atomic E-state index is -0.0828. The van der Waals surface area contributed by atoms with Crippen LogP contribution < -0.4 is 0 Å². The average molecular weight is 864 g/mol. The van der Waals surface area contributed by atoms with Crippen LogP contribution in [0.4, 0.5) is 0 Å². The first-order chi connectivity index (χ1) is 32.5. The van der Waals surface area contributed by atoms with Crippen LogP contribution in [0.2, 0.25) is 0 Å². The van der Waals surface area contributed by atoms with Crippen molar-refractivity contribution in [3.8, 4) is 67.5 Å². The highest BCUT2D eigenvalue weighted by molar-refractivity contribution is 7.26. The predicted molar refractivity (Wildman–Crippen MR) is 272 cm³/mol. The maximum absolute atomic E-state index is 6.59. The minimum absolute atomic E-state index is 0.0828. The fourth-order valence-electron chi connectivity index (χ4n) is 10.6. The summed E-state index contributed by atoms with van der Waals surface area (Å²) in [6.45, 7) is 4.67. The standard InChI is InChI=1S/C60H37N3O2S/c1-60(2)46-20-7-3-13-38(46)39-30-29-36(33-47(39)60)34-25-27-35(28-26-34)37-31-32-51-54(43-16-5-9-22-49(43)65-51)55(37)59-62-57(44-18-12-23-50-53(44)42-15-4-8-21-48(42)64-50)61-58(63-59)45-19-11-17-41-40-14-6-10-24-52(40)66-56(41)45/h3-33H,1-2H3. The molecule has 0 aliphatic heterocycles. The van der Waals surface area contributed by atoms with Crippen LogP contribution >= 0.6 is 11.3 Å². The van der Waals surface area contributed by atoms with Gasteiger partial charge in [-0.3, -0.25) is 0 Å². The van der Waals surface area contributed by atoms with Crippen molar-refractivity contribution in [2.75, 3.05) is 0 Å². The number of hydrogen-bond acceptors (Lipinski definition) is 6. The van der Waals surface area contributed by atoms with Crippen LogP contribution in [-0.2, 0) is 5.41 Å². The Bertz CT molecular complexity index is 4150. The maximum Gasteiger partial charge on any atom is 0.165 e. The van der Waals surface area contributed by atoms with Crippen molar-refractivity contribution < 1.29 is 8.83 Å². The van der Waals surface area contributed by atoms with Crippen LogP contribution in [0.5, 0.6) is 0 Å². The van der Waals surface area contributed by atoms with Crippen molar-refractivity contribution in [1.82, 2.24) is 15.0 Å². The van der Waals surface area contributed by atoms with Crippen molar-refractivity contribution in [1.29, 1.82) is 0 Å². The second kappa shape index (κ2) is 13.9. The summed E-state index contributed by atoms with van der Waals surface area (Å²) in [6, 6.07) is 66.5. The molecule has 4 aromatic heterocycles. The Labute approximate surface area is 383 Å². The van der Waals surface area contributed by atoms with Crippen LogP contribution in [0, 0.1) is 0 Å². The molecule has 0 radical (unpaired) electrons. The lowest BCUT2D eigenvalue weighted by Crippen LogP contribution is -2.14. The van der Waals surface area contributed by atoms with Crippen molar-refractivity contribution in [2.45, 2.75) is 19.3 Å². The second-order valence-electron chi connectivity index (χ2n) is 17.8. The highest BCUT2D eigenvalue weighted by atomic mass is 32.1. The third kappa shape index (κ3) is 5.42. The van der Waals surface area contributed by atoms with Crippen LogP contribution in [-0.4, -0.2) is 15.0 Å². The summed E-state index contributed by atoms with van der Waals surface area (Å²) in [5.41, 5.74) is 15.6. The number of thiophene rings is 1. The minimum Gasteiger partial charge on any atom is -0.456 e. The Morgan fingerprint density at radius 1 is 0.379 bits per heavy atom. The first-order valence-electron chi connectivity index (χ1n) is 22.3. The second-order valence-corrected chi connectivity index (χ2v) is 18.9. The van der Waals surface area contributed by atoms with Gasteiger partial charge < -0.3 is 8.83 Å². The Morgan fingerprint density at radius 2 is 0.924 bits per heavy atom. The molecule has 0 amide bonds. The van der Waals surface area contributed by atoms with E-state index in [1.54, 1.807) is 11.3 Å². The van der Waals surface area contributed by atoms with E-state index in [1.165, 1.54) is 43.3 Å². The van der Waals surface area contributed by atoms with E-state index in [0.717, 1.165) is 82.0 Å². The number of para-hydroxylation sites is 2. The summed E-state index contributed by atoms with van der Waals surface area (Å²) in [6.07, 6.45) is 0. The van der Waals surface area contributed by atoms with E-state index < -0.39 is 0 Å². The molecular weight excluding hydrogens is 827 g/mol. The first kappa shape index (κ1) is 37.2. The molecule has 0 saturated carbocycles. The lowest BCUT2D eigenvalue weighted by atomic mass is 9.81. The van der Waals surface area contributed by atoms with Gasteiger partial charge in [-0.1, -0.05) is 153 Å². The smallest absolute Gasteiger partial charge is 0.165 e. The summed E-state index contributed by atoms with van der Waals surface area (Å²) in [7, 11) is 0. The van der Waals surface area contributed by atoms with Crippen molar-refractivity contribution in [3.63, 3.8) is 0 Å². The molecule has 14 rings (SSSR count). The molecule has 6 heteroatoms. The molecule has 1 aliphatic rings. The fourth-order valence-corrected chi connectivity index (χ4v) is 11.8. The van der Waals surface area contributed by atoms with E-state index in [-0.39, 0.29) is 5.41 Å². The van der Waals surface area contributed by atoms with Crippen molar-refractivity contribution in [3.05, 3.63) is 199 Å². The zero-order valence-electron chi connectivity index (χ0n) is 36.0. The van der Waals surface area contributed by atoms with Gasteiger partial charge in [0.1, 0.15) is 22.3 Å². The molecule has 0 spiro atoms. The van der Waals surface area contributed by atoms with Gasteiger partial charge in [0.05, 0.1) is 0 Å². The van der Waals surface area contributed by atoms with E-state index in [9.17, 15) is 0 Å². The van der Waals surface area contributed by atoms with E-state index >= 15 is 0 Å². The van der Waals surface area contributed by atoms with Gasteiger partial charge in [-0.05, 0) is 93.0 Å². The molecule has 4 heterocycles. The fraction of sp³-hybridized carbons (Fsp3) is 0.0500. The molecular formula is C60H37N3O2S. The molecule has 1 aliphatic carbocycles. The van der Waals surface area contributed by atoms with E-state index in [2.05, 4.69) is 159 Å². The van der Waals surface area contributed by atoms with Gasteiger partial charge in [0.25, 0.3) is 0 Å². The SMILES string of the molecule is CC1(C)c2ccccc2-c2ccc(-c3ccc(-c4ccc5oc6ccccc6c5c4-c4nc(-c5cccc6c5sc5ccccc56)nc(-c5cccc6oc7ccccc7c56)n4)cc3)cc21. The van der Waals surface area contributed by atoms with Gasteiger partial charge in [-0.25, -0.2) is 15.0 Å². The number of benzene rings is 9. The zero-order chi connectivity index (χ0) is 43.7. The maximum atomic E-state index is 6.59. The van der Waals surface area contributed by atoms with Gasteiger partial charge in [0.2, 0.25) is 0 Å². The van der Waals surface area contributed by atoms with Gasteiger partial charge in [-0.2, -0.15) is 0 Å². The molecule has 0 bridgehead atoms. The Balaban J connectivity index is 1.01. The van der Waals surface area contributed by atoms with Crippen molar-refractivity contribution >= 4 is 75.4 Å². The van der Waals surface area contributed by atoms with E-state index in [4.69, 9.17) is 23.8 Å². The highest BCUT2D eigenvalue weighted by Gasteiger charge is 2.35. The Morgan fingerprint density at radius 3 is 1.74 bits per heavy atom. The molecule has 0 unspecified atom stereocenters. The monoisotopic (exact) mass is 863 g/mol. The number of hydrogen-bond donors (Lipinski definition) is 0. The molecule has 66 heavy (non-hydrogen) atoms. The largest absolute Gasteiger partial charge is 0.456 e. The molecule has 0 saturated heterocycles. The molecule has 310 valence electrons. The molecule has 5 nitrogen and oxygen atoms in total. The zero-order valence-corrected chi connectivity index (χ0v) is 36.8. The van der Waals surface area contributed by atoms with E-state index in [1.807, 2.05) is 42.5 Å². The summed E-state index contributed by atoms with van der Waals surface area (Å²) >= 11 is 1.77. The predicted octanol–water partition coefficient (Wildman–Crippen LogP) is 16.7. The number of rotatable bonds is 5. The van der Waals surface area contributed by atoms with Gasteiger partial charge >= 0.3 is 0 Å².